The van der Waals surface area contributed by atoms with Gasteiger partial charge in [0.2, 0.25) is 0 Å². The minimum absolute atomic E-state index is 0.0984. The number of amides is 4. The van der Waals surface area contributed by atoms with E-state index in [9.17, 15) is 14.4 Å². The summed E-state index contributed by atoms with van der Waals surface area (Å²) in [7, 11) is 1.40. The van der Waals surface area contributed by atoms with Crippen LogP contribution in [0.25, 0.3) is 11.0 Å². The van der Waals surface area contributed by atoms with E-state index in [1.807, 2.05) is 0 Å². The lowest BCUT2D eigenvalue weighted by Gasteiger charge is -2.29. The first kappa shape index (κ1) is 19.7. The molecule has 3 aromatic rings. The largest absolute Gasteiger partial charge is 0.494 e. The van der Waals surface area contributed by atoms with Crippen LogP contribution in [0, 0.1) is 0 Å². The van der Waals surface area contributed by atoms with Crippen LogP contribution in [0.5, 0.6) is 5.75 Å². The number of nitrogens with zero attached hydrogens (tertiary/aromatic N) is 2. The number of pyridine rings is 1. The Morgan fingerprint density at radius 2 is 2.10 bits per heavy atom. The van der Waals surface area contributed by atoms with Crippen LogP contribution in [0.2, 0.25) is 10.0 Å². The predicted octanol–water partition coefficient (Wildman–Crippen LogP) is 2.83. The van der Waals surface area contributed by atoms with Crippen molar-refractivity contribution in [3.8, 4) is 5.75 Å². The molecule has 0 aliphatic carbocycles. The summed E-state index contributed by atoms with van der Waals surface area (Å²) >= 11 is 12.6. The number of carbonyl (C=O) groups is 3. The monoisotopic (exact) mass is 460 g/mol. The van der Waals surface area contributed by atoms with Gasteiger partial charge in [0.1, 0.15) is 11.3 Å². The van der Waals surface area contributed by atoms with Crippen molar-refractivity contribution in [2.24, 2.45) is 0 Å². The molecular weight excluding hydrogens is 447 g/mol. The lowest BCUT2D eigenvalue weighted by Crippen LogP contribution is -2.52. The second kappa shape index (κ2) is 6.86. The zero-order valence-corrected chi connectivity index (χ0v) is 17.5. The summed E-state index contributed by atoms with van der Waals surface area (Å²) in [5.74, 6) is -0.663. The summed E-state index contributed by atoms with van der Waals surface area (Å²) in [6, 6.07) is 4.18. The topological polar surface area (TPSA) is 114 Å². The van der Waals surface area contributed by atoms with E-state index < -0.39 is 23.4 Å². The Morgan fingerprint density at radius 3 is 2.77 bits per heavy atom. The maximum Gasteiger partial charge on any atom is 0.322 e. The van der Waals surface area contributed by atoms with E-state index in [0.717, 1.165) is 0 Å². The van der Waals surface area contributed by atoms with Gasteiger partial charge in [-0.25, -0.2) is 4.79 Å². The molecule has 2 aliphatic heterocycles. The first-order valence-electron chi connectivity index (χ1n) is 9.16. The number of methoxy groups -OCH3 is 1. The Labute approximate surface area is 185 Å². The highest BCUT2D eigenvalue weighted by molar-refractivity contribution is 6.39. The molecule has 4 heterocycles. The molecule has 1 saturated heterocycles. The van der Waals surface area contributed by atoms with Crippen LogP contribution in [0.15, 0.2) is 35.0 Å². The summed E-state index contributed by atoms with van der Waals surface area (Å²) in [4.78, 5) is 43.6. The molecule has 1 aromatic carbocycles. The number of urea groups is 1. The smallest absolute Gasteiger partial charge is 0.322 e. The normalized spacial score (nSPS) is 20.2. The van der Waals surface area contributed by atoms with Gasteiger partial charge in [0, 0.05) is 24.3 Å². The van der Waals surface area contributed by atoms with E-state index in [-0.39, 0.29) is 40.2 Å². The molecule has 0 radical (unpaired) electrons. The quantitative estimate of drug-likeness (QED) is 0.578. The Kier molecular flexibility index (Phi) is 4.35. The van der Waals surface area contributed by atoms with Crippen LogP contribution in [0.3, 0.4) is 0 Å². The van der Waals surface area contributed by atoms with Crippen molar-refractivity contribution in [2.75, 3.05) is 13.7 Å². The molecule has 0 spiro atoms. The second-order valence-corrected chi connectivity index (χ2v) is 8.02. The van der Waals surface area contributed by atoms with Crippen LogP contribution in [0.1, 0.15) is 21.7 Å². The van der Waals surface area contributed by atoms with Crippen molar-refractivity contribution >= 4 is 52.0 Å². The Bertz CT molecular complexity index is 1260. The van der Waals surface area contributed by atoms with Crippen molar-refractivity contribution in [3.63, 3.8) is 0 Å². The Balaban J connectivity index is 1.57. The van der Waals surface area contributed by atoms with Crippen LogP contribution in [-0.2, 0) is 16.9 Å². The van der Waals surface area contributed by atoms with Gasteiger partial charge in [0.05, 0.1) is 29.3 Å². The molecule has 0 saturated carbocycles. The number of halogens is 2. The number of hydrogen-bond acceptors (Lipinski definition) is 6. The number of benzene rings is 1. The van der Waals surface area contributed by atoms with Crippen LogP contribution in [-0.4, -0.2) is 41.4 Å². The van der Waals surface area contributed by atoms with Gasteiger partial charge >= 0.3 is 6.03 Å². The average molecular weight is 461 g/mol. The number of ether oxygens (including phenoxy) is 1. The Morgan fingerprint density at radius 1 is 1.29 bits per heavy atom. The van der Waals surface area contributed by atoms with E-state index >= 15 is 0 Å². The van der Waals surface area contributed by atoms with E-state index in [1.54, 1.807) is 30.6 Å². The summed E-state index contributed by atoms with van der Waals surface area (Å²) in [6.07, 6.45) is 3.13. The lowest BCUT2D eigenvalue weighted by molar-refractivity contribution is -0.125. The number of furan rings is 1. The standard InChI is InChI=1S/C20H14Cl2N4O5/c1-30-16-11(21)4-10-7-26(17(27)14(10)15(16)22)8-20(18(28)24-19(29)25-20)13-5-9-6-23-3-2-12(9)31-13/h2-6H,7-8H2,1H3,(H2,24,25,28,29)/t20-/m0/s1. The van der Waals surface area contributed by atoms with Crippen LogP contribution in [0.4, 0.5) is 4.79 Å². The SMILES string of the molecule is COc1c(Cl)cc2c(c1Cl)C(=O)N(C[C@@]1(c3cc4cnccc4o3)NC(=O)NC1=O)C2. The maximum absolute atomic E-state index is 13.2. The number of imide groups is 1. The highest BCUT2D eigenvalue weighted by Gasteiger charge is 2.53. The van der Waals surface area contributed by atoms with Crippen LogP contribution >= 0.6 is 23.2 Å². The van der Waals surface area contributed by atoms with E-state index in [1.165, 1.54) is 12.0 Å². The van der Waals surface area contributed by atoms with Gasteiger partial charge in [-0.05, 0) is 23.8 Å². The highest BCUT2D eigenvalue weighted by Crippen LogP contribution is 2.42. The molecule has 31 heavy (non-hydrogen) atoms. The van der Waals surface area contributed by atoms with Crippen molar-refractivity contribution in [3.05, 3.63) is 57.5 Å². The molecule has 0 unspecified atom stereocenters. The third-order valence-electron chi connectivity index (χ3n) is 5.43. The van der Waals surface area contributed by atoms with E-state index in [2.05, 4.69) is 15.6 Å². The van der Waals surface area contributed by atoms with Crippen molar-refractivity contribution in [1.29, 1.82) is 0 Å². The van der Waals surface area contributed by atoms with Crippen molar-refractivity contribution in [2.45, 2.75) is 12.1 Å². The van der Waals surface area contributed by atoms with E-state index in [4.69, 9.17) is 32.4 Å². The number of fused-ring (bicyclic) bond motifs is 2. The molecule has 158 valence electrons. The lowest BCUT2D eigenvalue weighted by atomic mass is 9.95. The molecule has 1 atom stereocenters. The minimum Gasteiger partial charge on any atom is -0.494 e. The van der Waals surface area contributed by atoms with Crippen molar-refractivity contribution in [1.82, 2.24) is 20.5 Å². The highest BCUT2D eigenvalue weighted by atomic mass is 35.5. The van der Waals surface area contributed by atoms with Gasteiger partial charge in [-0.3, -0.25) is 19.9 Å². The zero-order valence-electron chi connectivity index (χ0n) is 16.0. The molecule has 2 aliphatic rings. The molecule has 11 heteroatoms. The van der Waals surface area contributed by atoms with Gasteiger partial charge in [-0.1, -0.05) is 23.2 Å². The third-order valence-corrected chi connectivity index (χ3v) is 6.07. The molecule has 5 rings (SSSR count). The first-order chi connectivity index (χ1) is 14.8. The first-order valence-corrected chi connectivity index (χ1v) is 9.91. The van der Waals surface area contributed by atoms with Crippen LogP contribution < -0.4 is 15.4 Å². The van der Waals surface area contributed by atoms with Gasteiger partial charge in [-0.15, -0.1) is 0 Å². The van der Waals surface area contributed by atoms with Gasteiger partial charge in [-0.2, -0.15) is 0 Å². The molecule has 2 N–H and O–H groups in total. The average Bonchev–Trinajstić information content (AvgIpc) is 3.37. The fourth-order valence-corrected chi connectivity index (χ4v) is 4.72. The fraction of sp³-hybridized carbons (Fsp3) is 0.200. The number of aromatic nitrogens is 1. The summed E-state index contributed by atoms with van der Waals surface area (Å²) in [5, 5.41) is 5.88. The molecule has 4 amide bonds. The fourth-order valence-electron chi connectivity index (χ4n) is 3.99. The number of rotatable bonds is 4. The zero-order chi connectivity index (χ0) is 21.9. The predicted molar refractivity (Wildman–Crippen MR) is 110 cm³/mol. The molecule has 0 bridgehead atoms. The number of hydrogen-bond donors (Lipinski definition) is 2. The summed E-state index contributed by atoms with van der Waals surface area (Å²) < 4.78 is 11.1. The summed E-state index contributed by atoms with van der Waals surface area (Å²) in [5.41, 5.74) is -0.284. The molecule has 1 fully saturated rings. The van der Waals surface area contributed by atoms with Gasteiger partial charge < -0.3 is 19.4 Å². The molecule has 2 aromatic heterocycles. The summed E-state index contributed by atoms with van der Waals surface area (Å²) in [6.45, 7) is -0.0358. The molecule has 9 nitrogen and oxygen atoms in total. The van der Waals surface area contributed by atoms with Gasteiger partial charge in [0.25, 0.3) is 11.8 Å². The number of carbonyl (C=O) groups excluding carboxylic acids is 3. The Hall–Kier alpha value is -3.30. The number of nitrogens with one attached hydrogen (secondary N) is 2. The van der Waals surface area contributed by atoms with E-state index in [0.29, 0.717) is 16.5 Å². The van der Waals surface area contributed by atoms with Crippen molar-refractivity contribution < 1.29 is 23.5 Å². The minimum atomic E-state index is -1.62. The second-order valence-electron chi connectivity index (χ2n) is 7.24. The maximum atomic E-state index is 13.2. The molecular formula is C20H14Cl2N4O5. The third kappa shape index (κ3) is 2.84. The van der Waals surface area contributed by atoms with Gasteiger partial charge in [0.15, 0.2) is 11.3 Å².